The minimum Gasteiger partial charge on any atom is -0.410 e. The molecule has 4 nitrogen and oxygen atoms in total. The first-order valence-electron chi connectivity index (χ1n) is 5.39. The molecule has 1 aromatic carbocycles. The van der Waals surface area contributed by atoms with Gasteiger partial charge >= 0.3 is 6.09 Å². The second kappa shape index (κ2) is 5.31. The van der Waals surface area contributed by atoms with Gasteiger partial charge in [-0.2, -0.15) is 0 Å². The fourth-order valence-corrected chi connectivity index (χ4v) is 2.07. The Morgan fingerprint density at radius 2 is 2.24 bits per heavy atom. The maximum Gasteiger partial charge on any atom is 0.415 e. The van der Waals surface area contributed by atoms with E-state index in [2.05, 4.69) is 15.9 Å². The van der Waals surface area contributed by atoms with E-state index in [1.165, 1.54) is 4.90 Å². The predicted molar refractivity (Wildman–Crippen MR) is 66.0 cm³/mol. The molecule has 0 unspecified atom stereocenters. The SMILES string of the molecule is O=C1CCCN(C(=O)Oc2cccc(Br)c2)C1. The van der Waals surface area contributed by atoms with E-state index in [4.69, 9.17) is 4.74 Å². The van der Waals surface area contributed by atoms with Gasteiger partial charge in [0.15, 0.2) is 5.78 Å². The van der Waals surface area contributed by atoms with Crippen molar-refractivity contribution in [3.05, 3.63) is 28.7 Å². The molecule has 1 aliphatic rings. The van der Waals surface area contributed by atoms with Crippen molar-refractivity contribution < 1.29 is 14.3 Å². The van der Waals surface area contributed by atoms with Crippen LogP contribution in [-0.2, 0) is 4.79 Å². The van der Waals surface area contributed by atoms with Crippen molar-refractivity contribution in [3.8, 4) is 5.75 Å². The number of rotatable bonds is 1. The molecular formula is C12H12BrNO3. The zero-order valence-electron chi connectivity index (χ0n) is 9.19. The Kier molecular flexibility index (Phi) is 3.78. The molecule has 0 aliphatic carbocycles. The van der Waals surface area contributed by atoms with Gasteiger partial charge in [-0.15, -0.1) is 0 Å². The number of amides is 1. The summed E-state index contributed by atoms with van der Waals surface area (Å²) in [6, 6.07) is 7.05. The lowest BCUT2D eigenvalue weighted by Gasteiger charge is -2.24. The minimum absolute atomic E-state index is 0.0856. The monoisotopic (exact) mass is 297 g/mol. The van der Waals surface area contributed by atoms with Crippen molar-refractivity contribution in [2.75, 3.05) is 13.1 Å². The second-order valence-electron chi connectivity index (χ2n) is 3.89. The van der Waals surface area contributed by atoms with Crippen LogP contribution >= 0.6 is 15.9 Å². The number of carbonyl (C=O) groups is 2. The number of benzene rings is 1. The molecule has 0 spiro atoms. The standard InChI is InChI=1S/C12H12BrNO3/c13-9-3-1-5-11(7-9)17-12(16)14-6-2-4-10(15)8-14/h1,3,5,7H,2,4,6,8H2. The number of halogens is 1. The van der Waals surface area contributed by atoms with Crippen LogP contribution in [0.3, 0.4) is 0 Å². The Morgan fingerprint density at radius 1 is 1.41 bits per heavy atom. The lowest BCUT2D eigenvalue weighted by molar-refractivity contribution is -0.121. The highest BCUT2D eigenvalue weighted by molar-refractivity contribution is 9.10. The second-order valence-corrected chi connectivity index (χ2v) is 4.80. The molecule has 0 saturated carbocycles. The molecule has 1 aromatic rings. The number of carbonyl (C=O) groups excluding carboxylic acids is 2. The van der Waals surface area contributed by atoms with Crippen LogP contribution in [0.25, 0.3) is 0 Å². The smallest absolute Gasteiger partial charge is 0.410 e. The number of Topliss-reactive ketones (excluding diaryl/α,β-unsaturated/α-hetero) is 1. The van der Waals surface area contributed by atoms with Crippen LogP contribution in [0.1, 0.15) is 12.8 Å². The zero-order valence-corrected chi connectivity index (χ0v) is 10.8. The van der Waals surface area contributed by atoms with Crippen LogP contribution < -0.4 is 4.74 Å². The van der Waals surface area contributed by atoms with E-state index in [0.29, 0.717) is 25.1 Å². The third-order valence-electron chi connectivity index (χ3n) is 2.51. The molecule has 5 heteroatoms. The van der Waals surface area contributed by atoms with E-state index in [-0.39, 0.29) is 12.3 Å². The van der Waals surface area contributed by atoms with E-state index in [1.807, 2.05) is 6.07 Å². The maximum absolute atomic E-state index is 11.8. The molecular weight excluding hydrogens is 286 g/mol. The number of piperidine rings is 1. The van der Waals surface area contributed by atoms with E-state index in [0.717, 1.165) is 4.47 Å². The Bertz CT molecular complexity index is 447. The number of hydrogen-bond acceptors (Lipinski definition) is 3. The Morgan fingerprint density at radius 3 is 2.94 bits per heavy atom. The fraction of sp³-hybridized carbons (Fsp3) is 0.333. The number of likely N-dealkylation sites (tertiary alicyclic amines) is 1. The molecule has 0 atom stereocenters. The van der Waals surface area contributed by atoms with Gasteiger partial charge in [-0.3, -0.25) is 4.79 Å². The normalized spacial score (nSPS) is 15.8. The highest BCUT2D eigenvalue weighted by Crippen LogP contribution is 2.19. The summed E-state index contributed by atoms with van der Waals surface area (Å²) in [7, 11) is 0. The van der Waals surface area contributed by atoms with Gasteiger partial charge in [-0.25, -0.2) is 4.79 Å². The van der Waals surface area contributed by atoms with Crippen molar-refractivity contribution in [1.82, 2.24) is 4.90 Å². The lowest BCUT2D eigenvalue weighted by atomic mass is 10.1. The first kappa shape index (κ1) is 12.1. The molecule has 1 fully saturated rings. The van der Waals surface area contributed by atoms with Gasteiger partial charge in [0.2, 0.25) is 0 Å². The molecule has 0 bridgehead atoms. The molecule has 1 heterocycles. The first-order chi connectivity index (χ1) is 8.15. The van der Waals surface area contributed by atoms with Crippen molar-refractivity contribution in [2.45, 2.75) is 12.8 Å². The van der Waals surface area contributed by atoms with Crippen molar-refractivity contribution in [3.63, 3.8) is 0 Å². The molecule has 2 rings (SSSR count). The van der Waals surface area contributed by atoms with Gasteiger partial charge in [0, 0.05) is 17.4 Å². The van der Waals surface area contributed by atoms with Crippen LogP contribution in [0, 0.1) is 0 Å². The molecule has 1 amide bonds. The van der Waals surface area contributed by atoms with Crippen LogP contribution in [0.15, 0.2) is 28.7 Å². The maximum atomic E-state index is 11.8. The summed E-state index contributed by atoms with van der Waals surface area (Å²) in [5, 5.41) is 0. The summed E-state index contributed by atoms with van der Waals surface area (Å²) in [6.45, 7) is 0.741. The van der Waals surface area contributed by atoms with Gasteiger partial charge in [-0.1, -0.05) is 22.0 Å². The minimum atomic E-state index is -0.462. The molecule has 0 aromatic heterocycles. The van der Waals surface area contributed by atoms with Gasteiger partial charge in [-0.05, 0) is 24.6 Å². The van der Waals surface area contributed by atoms with Gasteiger partial charge in [0.25, 0.3) is 0 Å². The predicted octanol–water partition coefficient (Wildman–Crippen LogP) is 2.61. The highest BCUT2D eigenvalue weighted by Gasteiger charge is 2.22. The first-order valence-corrected chi connectivity index (χ1v) is 6.18. The van der Waals surface area contributed by atoms with Crippen LogP contribution in [-0.4, -0.2) is 29.9 Å². The lowest BCUT2D eigenvalue weighted by Crippen LogP contribution is -2.41. The number of ketones is 1. The van der Waals surface area contributed by atoms with E-state index < -0.39 is 6.09 Å². The van der Waals surface area contributed by atoms with Crippen LogP contribution in [0.5, 0.6) is 5.75 Å². The molecule has 1 saturated heterocycles. The van der Waals surface area contributed by atoms with Crippen molar-refractivity contribution in [1.29, 1.82) is 0 Å². The number of nitrogens with zero attached hydrogens (tertiary/aromatic N) is 1. The molecule has 0 radical (unpaired) electrons. The Labute approximate surface area is 108 Å². The molecule has 90 valence electrons. The van der Waals surface area contributed by atoms with Gasteiger partial charge in [0.05, 0.1) is 6.54 Å². The summed E-state index contributed by atoms with van der Waals surface area (Å²) in [5.41, 5.74) is 0. The number of ether oxygens (including phenoxy) is 1. The van der Waals surface area contributed by atoms with E-state index in [1.54, 1.807) is 18.2 Å². The quantitative estimate of drug-likeness (QED) is 0.800. The molecule has 1 aliphatic heterocycles. The highest BCUT2D eigenvalue weighted by atomic mass is 79.9. The Balaban J connectivity index is 1.99. The topological polar surface area (TPSA) is 46.6 Å². The largest absolute Gasteiger partial charge is 0.415 e. The summed E-state index contributed by atoms with van der Waals surface area (Å²) in [4.78, 5) is 24.4. The molecule has 0 N–H and O–H groups in total. The van der Waals surface area contributed by atoms with Crippen molar-refractivity contribution in [2.24, 2.45) is 0 Å². The third kappa shape index (κ3) is 3.30. The third-order valence-corrected chi connectivity index (χ3v) is 3.00. The summed E-state index contributed by atoms with van der Waals surface area (Å²) in [5.74, 6) is 0.560. The fourth-order valence-electron chi connectivity index (χ4n) is 1.69. The van der Waals surface area contributed by atoms with Gasteiger partial charge < -0.3 is 9.64 Å². The van der Waals surface area contributed by atoms with E-state index >= 15 is 0 Å². The average molecular weight is 298 g/mol. The Hall–Kier alpha value is -1.36. The van der Waals surface area contributed by atoms with Crippen LogP contribution in [0.2, 0.25) is 0 Å². The zero-order chi connectivity index (χ0) is 12.3. The van der Waals surface area contributed by atoms with Crippen molar-refractivity contribution >= 4 is 27.8 Å². The van der Waals surface area contributed by atoms with Gasteiger partial charge in [0.1, 0.15) is 5.75 Å². The summed E-state index contributed by atoms with van der Waals surface area (Å²) < 4.78 is 6.03. The number of hydrogen-bond donors (Lipinski definition) is 0. The van der Waals surface area contributed by atoms with Crippen LogP contribution in [0.4, 0.5) is 4.79 Å². The summed E-state index contributed by atoms with van der Waals surface area (Å²) >= 11 is 3.30. The molecule has 17 heavy (non-hydrogen) atoms. The van der Waals surface area contributed by atoms with E-state index in [9.17, 15) is 9.59 Å². The summed E-state index contributed by atoms with van der Waals surface area (Å²) in [6.07, 6.45) is 0.809. The average Bonchev–Trinajstić information content (AvgIpc) is 2.29.